The molecule has 138 valence electrons. The maximum Gasteiger partial charge on any atom is 0.390 e. The third kappa shape index (κ3) is 10.5. The van der Waals surface area contributed by atoms with E-state index in [2.05, 4.69) is 15.6 Å². The van der Waals surface area contributed by atoms with Crippen molar-refractivity contribution in [3.63, 3.8) is 0 Å². The molecule has 5 nitrogen and oxygen atoms in total. The number of hydrogen-bond acceptors (Lipinski definition) is 3. The Morgan fingerprint density at radius 2 is 2.00 bits per heavy atom. The predicted molar refractivity (Wildman–Crippen MR) is 99.5 cm³/mol. The van der Waals surface area contributed by atoms with Gasteiger partial charge in [0.15, 0.2) is 5.96 Å². The number of rotatable bonds is 8. The third-order valence-electron chi connectivity index (χ3n) is 2.78. The van der Waals surface area contributed by atoms with Crippen molar-refractivity contribution in [3.05, 3.63) is 24.3 Å². The van der Waals surface area contributed by atoms with Gasteiger partial charge in [0.2, 0.25) is 0 Å². The second kappa shape index (κ2) is 12.2. The van der Waals surface area contributed by atoms with Gasteiger partial charge in [0.25, 0.3) is 0 Å². The maximum absolute atomic E-state index is 12.1. The summed E-state index contributed by atoms with van der Waals surface area (Å²) in [6.07, 6.45) is -4.34. The van der Waals surface area contributed by atoms with Gasteiger partial charge in [-0.25, -0.2) is 0 Å². The summed E-state index contributed by atoms with van der Waals surface area (Å²) in [6.45, 7) is 0.903. The summed E-state index contributed by atoms with van der Waals surface area (Å²) in [5, 5.41) is 5.54. The molecule has 1 rings (SSSR count). The zero-order chi connectivity index (χ0) is 17.1. The molecule has 2 N–H and O–H groups in total. The number of anilines is 1. The summed E-state index contributed by atoms with van der Waals surface area (Å²) in [6, 6.07) is 7.12. The third-order valence-corrected chi connectivity index (χ3v) is 2.78. The van der Waals surface area contributed by atoms with E-state index in [1.165, 1.54) is 7.05 Å². The fraction of sp³-hybridized carbons (Fsp3) is 0.533. The highest BCUT2D eigenvalue weighted by Gasteiger charge is 2.26. The van der Waals surface area contributed by atoms with E-state index in [4.69, 9.17) is 9.47 Å². The minimum Gasteiger partial charge on any atom is -0.493 e. The summed E-state index contributed by atoms with van der Waals surface area (Å²) in [4.78, 5) is 3.89. The molecule has 0 aliphatic carbocycles. The van der Waals surface area contributed by atoms with Crippen LogP contribution in [-0.2, 0) is 4.74 Å². The normalized spacial score (nSPS) is 11.6. The molecule has 0 aromatic heterocycles. The van der Waals surface area contributed by atoms with Gasteiger partial charge in [0.1, 0.15) is 5.75 Å². The van der Waals surface area contributed by atoms with Crippen molar-refractivity contribution < 1.29 is 22.6 Å². The van der Waals surface area contributed by atoms with Gasteiger partial charge in [-0.3, -0.25) is 4.99 Å². The fourth-order valence-electron chi connectivity index (χ4n) is 1.70. The van der Waals surface area contributed by atoms with Crippen LogP contribution in [0.3, 0.4) is 0 Å². The van der Waals surface area contributed by atoms with E-state index in [1.807, 2.05) is 0 Å². The Labute approximate surface area is 157 Å². The second-order valence-corrected chi connectivity index (χ2v) is 4.71. The number of aliphatic imine (C=N–C) groups is 1. The number of guanidine groups is 1. The van der Waals surface area contributed by atoms with Crippen molar-refractivity contribution >= 4 is 35.6 Å². The van der Waals surface area contributed by atoms with Gasteiger partial charge < -0.3 is 20.1 Å². The zero-order valence-electron chi connectivity index (χ0n) is 13.7. The first-order valence-corrected chi connectivity index (χ1v) is 7.21. The average molecular weight is 461 g/mol. The van der Waals surface area contributed by atoms with E-state index in [0.717, 1.165) is 6.42 Å². The monoisotopic (exact) mass is 461 g/mol. The van der Waals surface area contributed by atoms with Crippen LogP contribution in [0.15, 0.2) is 29.3 Å². The van der Waals surface area contributed by atoms with Gasteiger partial charge in [0.05, 0.1) is 13.0 Å². The van der Waals surface area contributed by atoms with E-state index in [9.17, 15) is 13.2 Å². The molecule has 9 heteroatoms. The van der Waals surface area contributed by atoms with Crippen molar-refractivity contribution in [2.45, 2.75) is 19.0 Å². The lowest BCUT2D eigenvalue weighted by Crippen LogP contribution is -2.33. The van der Waals surface area contributed by atoms with Gasteiger partial charge in [-0.1, -0.05) is 6.07 Å². The number of hydrogen-bond donors (Lipinski definition) is 2. The largest absolute Gasteiger partial charge is 0.493 e. The number of benzene rings is 1. The Kier molecular flexibility index (Phi) is 11.6. The molecule has 24 heavy (non-hydrogen) atoms. The highest BCUT2D eigenvalue weighted by Crippen LogP contribution is 2.19. The molecule has 1 aromatic rings. The molecule has 1 aromatic carbocycles. The molecule has 0 unspecified atom stereocenters. The van der Waals surface area contributed by atoms with Crippen molar-refractivity contribution in [2.24, 2.45) is 4.99 Å². The fourth-order valence-corrected chi connectivity index (χ4v) is 1.70. The molecule has 0 fully saturated rings. The number of nitrogens with one attached hydrogen (secondary N) is 2. The summed E-state index contributed by atoms with van der Waals surface area (Å²) in [5.41, 5.74) is 0.675. The average Bonchev–Trinajstić information content (AvgIpc) is 2.50. The van der Waals surface area contributed by atoms with Crippen LogP contribution >= 0.6 is 24.0 Å². The van der Waals surface area contributed by atoms with E-state index >= 15 is 0 Å². The molecule has 0 bridgehead atoms. The van der Waals surface area contributed by atoms with Gasteiger partial charge in [0, 0.05) is 45.5 Å². The smallest absolute Gasteiger partial charge is 0.390 e. The predicted octanol–water partition coefficient (Wildman–Crippen LogP) is 3.66. The lowest BCUT2D eigenvalue weighted by atomic mass is 10.3. The number of halogens is 4. The van der Waals surface area contributed by atoms with Crippen LogP contribution in [0.1, 0.15) is 12.8 Å². The highest BCUT2D eigenvalue weighted by atomic mass is 127. The van der Waals surface area contributed by atoms with E-state index in [0.29, 0.717) is 24.7 Å². The SMILES string of the molecule is CN=C(NCCC(F)(F)F)Nc1cccc(OCCCOC)c1.I. The van der Waals surface area contributed by atoms with Gasteiger partial charge in [-0.15, -0.1) is 24.0 Å². The molecule has 0 aliphatic heterocycles. The minimum atomic E-state index is -4.19. The van der Waals surface area contributed by atoms with Gasteiger partial charge in [-0.05, 0) is 12.1 Å². The standard InChI is InChI=1S/C15H22F3N3O2.HI/c1-19-14(20-8-7-15(16,17)18)21-12-5-3-6-13(11-12)23-10-4-9-22-2;/h3,5-6,11H,4,7-10H2,1-2H3,(H2,19,20,21);1H. The van der Waals surface area contributed by atoms with Gasteiger partial charge >= 0.3 is 6.18 Å². The number of ether oxygens (including phenoxy) is 2. The molecule has 0 amide bonds. The Hall–Kier alpha value is -1.23. The second-order valence-electron chi connectivity index (χ2n) is 4.71. The molecular formula is C15H23F3IN3O2. The molecule has 0 radical (unpaired) electrons. The van der Waals surface area contributed by atoms with Crippen LogP contribution < -0.4 is 15.4 Å². The van der Waals surface area contributed by atoms with Crippen LogP contribution in [-0.4, -0.2) is 46.1 Å². The van der Waals surface area contributed by atoms with E-state index in [-0.39, 0.29) is 36.5 Å². The zero-order valence-corrected chi connectivity index (χ0v) is 16.0. The molecular weight excluding hydrogens is 438 g/mol. The van der Waals surface area contributed by atoms with Crippen LogP contribution in [0.25, 0.3) is 0 Å². The van der Waals surface area contributed by atoms with Crippen LogP contribution in [0, 0.1) is 0 Å². The highest BCUT2D eigenvalue weighted by molar-refractivity contribution is 14.0. The lowest BCUT2D eigenvalue weighted by molar-refractivity contribution is -0.132. The van der Waals surface area contributed by atoms with Crippen molar-refractivity contribution in [2.75, 3.05) is 39.2 Å². The van der Waals surface area contributed by atoms with Crippen molar-refractivity contribution in [1.29, 1.82) is 0 Å². The summed E-state index contributed by atoms with van der Waals surface area (Å²) < 4.78 is 46.9. The van der Waals surface area contributed by atoms with Crippen LogP contribution in [0.2, 0.25) is 0 Å². The molecule has 0 atom stereocenters. The minimum absolute atomic E-state index is 0. The van der Waals surface area contributed by atoms with E-state index in [1.54, 1.807) is 31.4 Å². The number of nitrogens with zero attached hydrogens (tertiary/aromatic N) is 1. The van der Waals surface area contributed by atoms with Gasteiger partial charge in [-0.2, -0.15) is 13.2 Å². The molecule has 0 saturated heterocycles. The Morgan fingerprint density at radius 1 is 1.25 bits per heavy atom. The first-order chi connectivity index (χ1) is 10.9. The molecule has 0 saturated carbocycles. The topological polar surface area (TPSA) is 54.9 Å². The number of methoxy groups -OCH3 is 1. The summed E-state index contributed by atoms with van der Waals surface area (Å²) >= 11 is 0. The molecule has 0 heterocycles. The molecule has 0 aliphatic rings. The first-order valence-electron chi connectivity index (χ1n) is 7.21. The maximum atomic E-state index is 12.1. The van der Waals surface area contributed by atoms with Crippen LogP contribution in [0.4, 0.5) is 18.9 Å². The first kappa shape index (κ1) is 22.8. The Balaban J connectivity index is 0.00000529. The number of alkyl halides is 3. The summed E-state index contributed by atoms with van der Waals surface area (Å²) in [5.74, 6) is 0.933. The summed E-state index contributed by atoms with van der Waals surface area (Å²) in [7, 11) is 3.12. The lowest BCUT2D eigenvalue weighted by Gasteiger charge is -2.14. The van der Waals surface area contributed by atoms with Crippen LogP contribution in [0.5, 0.6) is 5.75 Å². The van der Waals surface area contributed by atoms with Crippen molar-refractivity contribution in [1.82, 2.24) is 5.32 Å². The Morgan fingerprint density at radius 3 is 2.62 bits per heavy atom. The van der Waals surface area contributed by atoms with E-state index < -0.39 is 12.6 Å². The Bertz CT molecular complexity index is 499. The quantitative estimate of drug-likeness (QED) is 0.269. The molecule has 0 spiro atoms. The van der Waals surface area contributed by atoms with Crippen molar-refractivity contribution in [3.8, 4) is 5.75 Å².